The van der Waals surface area contributed by atoms with Crippen molar-refractivity contribution in [3.63, 3.8) is 0 Å². The lowest BCUT2D eigenvalue weighted by atomic mass is 9.95. The molecule has 0 atom stereocenters. The maximum absolute atomic E-state index is 12.7. The van der Waals surface area contributed by atoms with Crippen molar-refractivity contribution in [2.45, 2.75) is 26.3 Å². The highest BCUT2D eigenvalue weighted by Crippen LogP contribution is 2.35. The molecular formula is C22H23ClN4O3S. The van der Waals surface area contributed by atoms with Crippen LogP contribution < -0.4 is 5.32 Å². The zero-order chi connectivity index (χ0) is 22.0. The van der Waals surface area contributed by atoms with Gasteiger partial charge in [0.2, 0.25) is 5.91 Å². The summed E-state index contributed by atoms with van der Waals surface area (Å²) in [6.45, 7) is 3.32. The van der Waals surface area contributed by atoms with Gasteiger partial charge in [-0.05, 0) is 49.6 Å². The molecule has 2 aliphatic rings. The molecule has 4 rings (SSSR count). The van der Waals surface area contributed by atoms with Gasteiger partial charge in [0, 0.05) is 35.8 Å². The Kier molecular flexibility index (Phi) is 6.11. The number of likely N-dealkylation sites (tertiary alicyclic amines) is 1. The molecule has 2 aliphatic heterocycles. The molecule has 162 valence electrons. The zero-order valence-corrected chi connectivity index (χ0v) is 18.7. The Hall–Kier alpha value is -2.71. The second-order valence-corrected chi connectivity index (χ2v) is 9.63. The summed E-state index contributed by atoms with van der Waals surface area (Å²) >= 11 is 5.93. The van der Waals surface area contributed by atoms with E-state index < -0.39 is 10.0 Å². The Balaban J connectivity index is 1.41. The third-order valence-electron chi connectivity index (χ3n) is 5.58. The van der Waals surface area contributed by atoms with E-state index in [1.54, 1.807) is 37.4 Å². The lowest BCUT2D eigenvalue weighted by molar-refractivity contribution is -0.126. The maximum Gasteiger partial charge on any atom is 0.285 e. The van der Waals surface area contributed by atoms with Crippen molar-refractivity contribution < 1.29 is 13.2 Å². The fraction of sp³-hybridized carbons (Fsp3) is 0.318. The van der Waals surface area contributed by atoms with Crippen LogP contribution in [-0.4, -0.2) is 43.1 Å². The van der Waals surface area contributed by atoms with E-state index >= 15 is 0 Å². The van der Waals surface area contributed by atoms with Gasteiger partial charge < -0.3 is 10.2 Å². The normalized spacial score (nSPS) is 18.8. The standard InChI is InChI=1S/C22H23ClN4O3S/c1-15-20(16-5-7-18(23)8-6-16)31(29,30)26-21(15)27-12-9-17(10-13-27)22(28)25-14-19-4-2-3-11-24-19/h2-8,11,17H,9-10,12-14H2,1H3,(H,25,28). The van der Waals surface area contributed by atoms with Gasteiger partial charge in [-0.1, -0.05) is 29.8 Å². The molecule has 31 heavy (non-hydrogen) atoms. The molecule has 0 bridgehead atoms. The molecule has 3 heterocycles. The Morgan fingerprint density at radius 3 is 2.52 bits per heavy atom. The molecule has 0 saturated carbocycles. The van der Waals surface area contributed by atoms with Gasteiger partial charge in [0.15, 0.2) is 0 Å². The number of rotatable bonds is 4. The van der Waals surface area contributed by atoms with Crippen LogP contribution in [0.3, 0.4) is 0 Å². The number of carbonyl (C=O) groups excluding carboxylic acids is 1. The van der Waals surface area contributed by atoms with Crippen molar-refractivity contribution in [2.24, 2.45) is 10.3 Å². The molecule has 1 aromatic heterocycles. The molecule has 9 heteroatoms. The minimum Gasteiger partial charge on any atom is -0.356 e. The van der Waals surface area contributed by atoms with E-state index in [1.807, 2.05) is 23.1 Å². The summed E-state index contributed by atoms with van der Waals surface area (Å²) in [7, 11) is -3.77. The van der Waals surface area contributed by atoms with Gasteiger partial charge in [0.25, 0.3) is 10.0 Å². The molecule has 7 nitrogen and oxygen atoms in total. The number of pyridine rings is 1. The average Bonchev–Trinajstić information content (AvgIpc) is 3.02. The van der Waals surface area contributed by atoms with Crippen LogP contribution in [-0.2, 0) is 21.4 Å². The van der Waals surface area contributed by atoms with Crippen molar-refractivity contribution in [3.8, 4) is 0 Å². The SMILES string of the molecule is CC1=C(c2ccc(Cl)cc2)S(=O)(=O)N=C1N1CCC(C(=O)NCc2ccccn2)CC1. The minimum atomic E-state index is -3.77. The third kappa shape index (κ3) is 4.65. The summed E-state index contributed by atoms with van der Waals surface area (Å²) in [5.41, 5.74) is 2.01. The molecule has 1 fully saturated rings. The van der Waals surface area contributed by atoms with E-state index in [0.717, 1.165) is 5.69 Å². The van der Waals surface area contributed by atoms with Gasteiger partial charge in [-0.2, -0.15) is 8.42 Å². The van der Waals surface area contributed by atoms with E-state index in [9.17, 15) is 13.2 Å². The van der Waals surface area contributed by atoms with Gasteiger partial charge in [-0.25, -0.2) is 0 Å². The van der Waals surface area contributed by atoms with Crippen molar-refractivity contribution >= 4 is 38.3 Å². The van der Waals surface area contributed by atoms with Crippen LogP contribution in [0.15, 0.2) is 58.6 Å². The zero-order valence-electron chi connectivity index (χ0n) is 17.1. The topological polar surface area (TPSA) is 91.7 Å². The average molecular weight is 459 g/mol. The smallest absolute Gasteiger partial charge is 0.285 e. The number of nitrogens with one attached hydrogen (secondary N) is 1. The molecule has 0 unspecified atom stereocenters. The van der Waals surface area contributed by atoms with Crippen molar-refractivity contribution in [1.29, 1.82) is 0 Å². The summed E-state index contributed by atoms with van der Waals surface area (Å²) in [5, 5.41) is 3.49. The van der Waals surface area contributed by atoms with E-state index in [2.05, 4.69) is 14.7 Å². The summed E-state index contributed by atoms with van der Waals surface area (Å²) in [4.78, 5) is 18.9. The number of sulfonamides is 1. The largest absolute Gasteiger partial charge is 0.356 e. The van der Waals surface area contributed by atoms with Gasteiger partial charge in [0.1, 0.15) is 10.7 Å². The number of amides is 1. The van der Waals surface area contributed by atoms with Gasteiger partial charge in [-0.3, -0.25) is 9.78 Å². The Morgan fingerprint density at radius 2 is 1.87 bits per heavy atom. The van der Waals surface area contributed by atoms with Gasteiger partial charge >= 0.3 is 0 Å². The minimum absolute atomic E-state index is 0.000373. The lowest BCUT2D eigenvalue weighted by Crippen LogP contribution is -2.43. The van der Waals surface area contributed by atoms with Crippen LogP contribution in [0.4, 0.5) is 0 Å². The van der Waals surface area contributed by atoms with Crippen LogP contribution in [0.2, 0.25) is 5.02 Å². The monoisotopic (exact) mass is 458 g/mol. The molecule has 1 saturated heterocycles. The molecule has 0 radical (unpaired) electrons. The summed E-state index contributed by atoms with van der Waals surface area (Å²) in [6.07, 6.45) is 2.97. The van der Waals surface area contributed by atoms with Gasteiger partial charge in [-0.15, -0.1) is 4.40 Å². The van der Waals surface area contributed by atoms with Crippen LogP contribution >= 0.6 is 11.6 Å². The highest BCUT2D eigenvalue weighted by atomic mass is 35.5. The first-order valence-corrected chi connectivity index (χ1v) is 11.9. The summed E-state index contributed by atoms with van der Waals surface area (Å²) < 4.78 is 29.5. The van der Waals surface area contributed by atoms with Crippen LogP contribution in [0.1, 0.15) is 31.0 Å². The molecule has 0 spiro atoms. The lowest BCUT2D eigenvalue weighted by Gasteiger charge is -2.32. The predicted molar refractivity (Wildman–Crippen MR) is 121 cm³/mol. The quantitative estimate of drug-likeness (QED) is 0.759. The number of benzene rings is 1. The first-order valence-electron chi connectivity index (χ1n) is 10.1. The first kappa shape index (κ1) is 21.5. The van der Waals surface area contributed by atoms with Crippen molar-refractivity contribution in [2.75, 3.05) is 13.1 Å². The fourth-order valence-electron chi connectivity index (χ4n) is 3.96. The number of carbonyl (C=O) groups is 1. The highest BCUT2D eigenvalue weighted by molar-refractivity contribution is 8.00. The number of piperidine rings is 1. The number of nitrogens with zero attached hydrogens (tertiary/aromatic N) is 3. The number of aromatic nitrogens is 1. The Bertz CT molecular complexity index is 1140. The van der Waals surface area contributed by atoms with Gasteiger partial charge in [0.05, 0.1) is 12.2 Å². The second-order valence-electron chi connectivity index (χ2n) is 7.65. The maximum atomic E-state index is 12.7. The van der Waals surface area contributed by atoms with Crippen LogP contribution in [0.25, 0.3) is 4.91 Å². The number of halogens is 1. The molecule has 0 aliphatic carbocycles. The molecule has 1 amide bonds. The van der Waals surface area contributed by atoms with Crippen LogP contribution in [0, 0.1) is 5.92 Å². The van der Waals surface area contributed by atoms with E-state index in [4.69, 9.17) is 11.6 Å². The predicted octanol–water partition coefficient (Wildman–Crippen LogP) is 3.24. The molecule has 2 aromatic rings. The fourth-order valence-corrected chi connectivity index (χ4v) is 5.57. The van der Waals surface area contributed by atoms with Crippen LogP contribution in [0.5, 0.6) is 0 Å². The van der Waals surface area contributed by atoms with E-state index in [0.29, 0.717) is 54.5 Å². The molecule has 1 aromatic carbocycles. The van der Waals surface area contributed by atoms with E-state index in [1.165, 1.54) is 0 Å². The van der Waals surface area contributed by atoms with Crippen molar-refractivity contribution in [1.82, 2.24) is 15.2 Å². The summed E-state index contributed by atoms with van der Waals surface area (Å²) in [6, 6.07) is 12.3. The highest BCUT2D eigenvalue weighted by Gasteiger charge is 2.35. The number of hydrogen-bond donors (Lipinski definition) is 1. The molecular weight excluding hydrogens is 436 g/mol. The van der Waals surface area contributed by atoms with Crippen molar-refractivity contribution in [3.05, 3.63) is 70.5 Å². The Labute approximate surface area is 186 Å². The van der Waals surface area contributed by atoms with E-state index in [-0.39, 0.29) is 16.7 Å². The number of hydrogen-bond acceptors (Lipinski definition) is 5. The summed E-state index contributed by atoms with van der Waals surface area (Å²) in [5.74, 6) is 0.358. The second kappa shape index (κ2) is 8.80. The number of amidine groups is 1. The first-order chi connectivity index (χ1) is 14.8. The Morgan fingerprint density at radius 1 is 1.16 bits per heavy atom. The molecule has 1 N–H and O–H groups in total. The third-order valence-corrected chi connectivity index (χ3v) is 7.31.